The Morgan fingerprint density at radius 2 is 1.80 bits per heavy atom. The third kappa shape index (κ3) is 2.01. The van der Waals surface area contributed by atoms with Crippen molar-refractivity contribution >= 4 is 16.5 Å². The van der Waals surface area contributed by atoms with E-state index in [0.717, 1.165) is 22.0 Å². The van der Waals surface area contributed by atoms with Crippen LogP contribution in [-0.4, -0.2) is 17.2 Å². The van der Waals surface area contributed by atoms with Gasteiger partial charge in [0.1, 0.15) is 5.75 Å². The van der Waals surface area contributed by atoms with Gasteiger partial charge in [-0.05, 0) is 42.5 Å². The van der Waals surface area contributed by atoms with E-state index in [0.29, 0.717) is 11.6 Å². The number of hydrogen-bond acceptors (Lipinski definition) is 4. The van der Waals surface area contributed by atoms with Gasteiger partial charge in [-0.15, -0.1) is 0 Å². The summed E-state index contributed by atoms with van der Waals surface area (Å²) in [5.74, 6) is 0.763. The fourth-order valence-corrected chi connectivity index (χ4v) is 2.20. The highest BCUT2D eigenvalue weighted by Gasteiger charge is 2.09. The van der Waals surface area contributed by atoms with Gasteiger partial charge in [-0.25, -0.2) is 4.98 Å². The lowest BCUT2D eigenvalue weighted by Crippen LogP contribution is -1.95. The standard InChI is InChI=1S/C16H14N2O2/c1-20-16-12-3-2-4-14(17)13(12)9-15(18-16)10-5-7-11(19)8-6-10/h2-9,19H,17H2,1H3. The van der Waals surface area contributed by atoms with Crippen molar-refractivity contribution in [1.82, 2.24) is 4.98 Å². The largest absolute Gasteiger partial charge is 0.508 e. The Kier molecular flexibility index (Phi) is 2.91. The van der Waals surface area contributed by atoms with Gasteiger partial charge in [-0.1, -0.05) is 6.07 Å². The summed E-state index contributed by atoms with van der Waals surface area (Å²) in [6.45, 7) is 0. The van der Waals surface area contributed by atoms with Crippen LogP contribution in [0.1, 0.15) is 0 Å². The first-order valence-electron chi connectivity index (χ1n) is 6.21. The SMILES string of the molecule is COc1nc(-c2ccc(O)cc2)cc2c(N)cccc12. The Bertz CT molecular complexity index is 767. The fourth-order valence-electron chi connectivity index (χ4n) is 2.20. The number of aromatic nitrogens is 1. The summed E-state index contributed by atoms with van der Waals surface area (Å²) >= 11 is 0. The van der Waals surface area contributed by atoms with Crippen LogP contribution in [0.2, 0.25) is 0 Å². The van der Waals surface area contributed by atoms with Gasteiger partial charge in [0, 0.05) is 22.0 Å². The van der Waals surface area contributed by atoms with E-state index < -0.39 is 0 Å². The highest BCUT2D eigenvalue weighted by atomic mass is 16.5. The molecule has 20 heavy (non-hydrogen) atoms. The number of methoxy groups -OCH3 is 1. The zero-order valence-electron chi connectivity index (χ0n) is 11.0. The summed E-state index contributed by atoms with van der Waals surface area (Å²) < 4.78 is 5.35. The number of fused-ring (bicyclic) bond motifs is 1. The average Bonchev–Trinajstić information content (AvgIpc) is 2.47. The van der Waals surface area contributed by atoms with E-state index >= 15 is 0 Å². The van der Waals surface area contributed by atoms with Crippen LogP contribution in [0.15, 0.2) is 48.5 Å². The molecule has 3 aromatic rings. The number of phenolic OH excluding ortho intramolecular Hbond substituents is 1. The van der Waals surface area contributed by atoms with Crippen LogP contribution in [0.4, 0.5) is 5.69 Å². The Hall–Kier alpha value is -2.75. The predicted molar refractivity (Wildman–Crippen MR) is 79.8 cm³/mol. The number of aromatic hydroxyl groups is 1. The molecule has 0 radical (unpaired) electrons. The summed E-state index contributed by atoms with van der Waals surface area (Å²) in [7, 11) is 1.59. The molecule has 0 unspecified atom stereocenters. The first-order valence-corrected chi connectivity index (χ1v) is 6.21. The first kappa shape index (κ1) is 12.3. The first-order chi connectivity index (χ1) is 9.69. The lowest BCUT2D eigenvalue weighted by atomic mass is 10.1. The Morgan fingerprint density at radius 1 is 1.05 bits per heavy atom. The van der Waals surface area contributed by atoms with Crippen molar-refractivity contribution < 1.29 is 9.84 Å². The van der Waals surface area contributed by atoms with Crippen molar-refractivity contribution in [1.29, 1.82) is 0 Å². The van der Waals surface area contributed by atoms with Gasteiger partial charge in [-0.2, -0.15) is 0 Å². The second kappa shape index (κ2) is 4.74. The fraction of sp³-hybridized carbons (Fsp3) is 0.0625. The molecule has 0 aliphatic rings. The van der Waals surface area contributed by atoms with E-state index in [1.807, 2.05) is 36.4 Å². The molecule has 0 aliphatic carbocycles. The van der Waals surface area contributed by atoms with Gasteiger partial charge in [0.2, 0.25) is 5.88 Å². The van der Waals surface area contributed by atoms with Crippen LogP contribution >= 0.6 is 0 Å². The molecular formula is C16H14N2O2. The van der Waals surface area contributed by atoms with Gasteiger partial charge in [0.05, 0.1) is 12.8 Å². The smallest absolute Gasteiger partial charge is 0.221 e. The number of ether oxygens (including phenoxy) is 1. The van der Waals surface area contributed by atoms with Gasteiger partial charge in [0.15, 0.2) is 0 Å². The van der Waals surface area contributed by atoms with Crippen molar-refractivity contribution in [2.75, 3.05) is 12.8 Å². The van der Waals surface area contributed by atoms with E-state index in [1.165, 1.54) is 0 Å². The number of hydrogen-bond donors (Lipinski definition) is 2. The minimum absolute atomic E-state index is 0.223. The van der Waals surface area contributed by atoms with E-state index in [1.54, 1.807) is 19.2 Å². The lowest BCUT2D eigenvalue weighted by Gasteiger charge is -2.10. The van der Waals surface area contributed by atoms with Gasteiger partial charge >= 0.3 is 0 Å². The summed E-state index contributed by atoms with van der Waals surface area (Å²) in [4.78, 5) is 4.50. The molecule has 0 amide bonds. The van der Waals surface area contributed by atoms with Crippen molar-refractivity contribution in [2.24, 2.45) is 0 Å². The van der Waals surface area contributed by atoms with Crippen molar-refractivity contribution in [3.63, 3.8) is 0 Å². The number of nitrogens with zero attached hydrogens (tertiary/aromatic N) is 1. The molecular weight excluding hydrogens is 252 g/mol. The third-order valence-corrected chi connectivity index (χ3v) is 3.23. The number of anilines is 1. The molecule has 3 N–H and O–H groups in total. The molecule has 0 spiro atoms. The number of nitrogens with two attached hydrogens (primary N) is 1. The predicted octanol–water partition coefficient (Wildman–Crippen LogP) is 3.20. The number of nitrogen functional groups attached to an aromatic ring is 1. The van der Waals surface area contributed by atoms with E-state index in [-0.39, 0.29) is 5.75 Å². The van der Waals surface area contributed by atoms with Crippen LogP contribution < -0.4 is 10.5 Å². The second-order valence-electron chi connectivity index (χ2n) is 4.51. The second-order valence-corrected chi connectivity index (χ2v) is 4.51. The van der Waals surface area contributed by atoms with E-state index in [4.69, 9.17) is 10.5 Å². The van der Waals surface area contributed by atoms with E-state index in [2.05, 4.69) is 4.98 Å². The van der Waals surface area contributed by atoms with Gasteiger partial charge in [-0.3, -0.25) is 0 Å². The minimum atomic E-state index is 0.223. The minimum Gasteiger partial charge on any atom is -0.508 e. The lowest BCUT2D eigenvalue weighted by molar-refractivity contribution is 0.404. The van der Waals surface area contributed by atoms with Crippen LogP contribution in [0.3, 0.4) is 0 Å². The molecule has 0 saturated heterocycles. The molecule has 4 heteroatoms. The number of phenols is 1. The summed E-state index contributed by atoms with van der Waals surface area (Å²) in [5.41, 5.74) is 8.36. The van der Waals surface area contributed by atoms with Crippen molar-refractivity contribution in [3.8, 4) is 22.9 Å². The monoisotopic (exact) mass is 266 g/mol. The molecule has 1 aromatic heterocycles. The van der Waals surface area contributed by atoms with Crippen molar-refractivity contribution in [3.05, 3.63) is 48.5 Å². The third-order valence-electron chi connectivity index (χ3n) is 3.23. The number of pyridine rings is 1. The molecule has 0 fully saturated rings. The molecule has 100 valence electrons. The Labute approximate surface area is 116 Å². The van der Waals surface area contributed by atoms with Gasteiger partial charge < -0.3 is 15.6 Å². The molecule has 0 atom stereocenters. The molecule has 0 bridgehead atoms. The maximum absolute atomic E-state index is 9.36. The summed E-state index contributed by atoms with van der Waals surface area (Å²) in [5, 5.41) is 11.1. The quantitative estimate of drug-likeness (QED) is 0.699. The Morgan fingerprint density at radius 3 is 2.50 bits per heavy atom. The molecule has 3 rings (SSSR count). The maximum Gasteiger partial charge on any atom is 0.221 e. The molecule has 0 saturated carbocycles. The zero-order valence-corrected chi connectivity index (χ0v) is 11.0. The maximum atomic E-state index is 9.36. The van der Waals surface area contributed by atoms with Crippen LogP contribution in [0, 0.1) is 0 Å². The van der Waals surface area contributed by atoms with Gasteiger partial charge in [0.25, 0.3) is 0 Å². The summed E-state index contributed by atoms with van der Waals surface area (Å²) in [6, 6.07) is 14.5. The van der Waals surface area contributed by atoms with Crippen LogP contribution in [0.5, 0.6) is 11.6 Å². The highest BCUT2D eigenvalue weighted by Crippen LogP contribution is 2.32. The van der Waals surface area contributed by atoms with Crippen molar-refractivity contribution in [2.45, 2.75) is 0 Å². The molecule has 2 aromatic carbocycles. The average molecular weight is 266 g/mol. The molecule has 0 aliphatic heterocycles. The normalized spacial score (nSPS) is 10.7. The van der Waals surface area contributed by atoms with Crippen LogP contribution in [-0.2, 0) is 0 Å². The molecule has 4 nitrogen and oxygen atoms in total. The number of rotatable bonds is 2. The summed E-state index contributed by atoms with van der Waals surface area (Å²) in [6.07, 6.45) is 0. The molecule has 1 heterocycles. The Balaban J connectivity index is 2.27. The number of benzene rings is 2. The zero-order chi connectivity index (χ0) is 14.1. The topological polar surface area (TPSA) is 68.4 Å². The van der Waals surface area contributed by atoms with E-state index in [9.17, 15) is 5.11 Å². The highest BCUT2D eigenvalue weighted by molar-refractivity contribution is 5.98. The van der Waals surface area contributed by atoms with Crippen LogP contribution in [0.25, 0.3) is 22.0 Å².